The number of anilines is 2. The molecule has 0 saturated carbocycles. The van der Waals surface area contributed by atoms with Crippen molar-refractivity contribution in [3.8, 4) is 0 Å². The number of aliphatic hydroxyl groups is 2. The van der Waals surface area contributed by atoms with Gasteiger partial charge in [0.15, 0.2) is 0 Å². The van der Waals surface area contributed by atoms with Crippen LogP contribution in [0.1, 0.15) is 0 Å². The maximum absolute atomic E-state index is 9.35. The molecule has 0 amide bonds. The number of aliphatic hydroxyl groups excluding tert-OH is 2. The first-order valence-corrected chi connectivity index (χ1v) is 4.50. The largest absolute Gasteiger partial charge is 0.389 e. The Balaban J connectivity index is 2.17. The Bertz CT molecular complexity index is 322. The molecule has 1 aromatic heterocycles. The van der Waals surface area contributed by atoms with Crippen LogP contribution in [0.4, 0.5) is 11.6 Å². The molecule has 1 aliphatic heterocycles. The minimum absolute atomic E-state index is 0.400. The highest BCUT2D eigenvalue weighted by molar-refractivity contribution is 5.46. The minimum Gasteiger partial charge on any atom is -0.389 e. The molecule has 1 saturated heterocycles. The third-order valence-electron chi connectivity index (χ3n) is 2.34. The zero-order valence-corrected chi connectivity index (χ0v) is 7.67. The Labute approximate surface area is 81.8 Å². The molecule has 5 heteroatoms. The molecule has 1 aliphatic rings. The molecule has 0 spiro atoms. The fourth-order valence-electron chi connectivity index (χ4n) is 1.57. The fraction of sp³-hybridized carbons (Fsp3) is 0.444. The number of hydrogen-bond donors (Lipinski definition) is 3. The van der Waals surface area contributed by atoms with Gasteiger partial charge in [0.25, 0.3) is 0 Å². The second kappa shape index (κ2) is 3.43. The average Bonchev–Trinajstić information content (AvgIpc) is 2.47. The minimum atomic E-state index is -0.696. The van der Waals surface area contributed by atoms with Gasteiger partial charge in [0.2, 0.25) is 0 Å². The molecule has 76 valence electrons. The summed E-state index contributed by atoms with van der Waals surface area (Å²) in [6, 6.07) is 5.31. The molecule has 4 N–H and O–H groups in total. The van der Waals surface area contributed by atoms with Gasteiger partial charge in [0.1, 0.15) is 11.6 Å². The van der Waals surface area contributed by atoms with Crippen LogP contribution in [0.2, 0.25) is 0 Å². The van der Waals surface area contributed by atoms with Gasteiger partial charge in [-0.05, 0) is 12.1 Å². The van der Waals surface area contributed by atoms with Crippen molar-refractivity contribution in [1.82, 2.24) is 4.98 Å². The number of rotatable bonds is 1. The molecular formula is C9H13N3O2. The van der Waals surface area contributed by atoms with Gasteiger partial charge in [0.05, 0.1) is 12.2 Å². The van der Waals surface area contributed by atoms with Crippen molar-refractivity contribution >= 4 is 11.6 Å². The highest BCUT2D eigenvalue weighted by Gasteiger charge is 2.30. The molecule has 2 unspecified atom stereocenters. The molecule has 14 heavy (non-hydrogen) atoms. The number of nitrogens with two attached hydrogens (primary N) is 1. The first-order chi connectivity index (χ1) is 6.66. The standard InChI is InChI=1S/C9H13N3O2/c10-8-2-1-3-9(11-8)12-4-6(13)7(14)5-12/h1-3,6-7,13-14H,4-5H2,(H2,10,11). The molecule has 2 atom stereocenters. The van der Waals surface area contributed by atoms with Crippen LogP contribution in [-0.2, 0) is 0 Å². The Hall–Kier alpha value is -1.33. The summed E-state index contributed by atoms with van der Waals surface area (Å²) in [4.78, 5) is 5.92. The van der Waals surface area contributed by atoms with Gasteiger partial charge in [-0.1, -0.05) is 6.07 Å². The molecule has 1 aromatic rings. The monoisotopic (exact) mass is 195 g/mol. The van der Waals surface area contributed by atoms with Gasteiger partial charge in [-0.3, -0.25) is 0 Å². The van der Waals surface area contributed by atoms with E-state index in [1.54, 1.807) is 18.2 Å². The summed E-state index contributed by atoms with van der Waals surface area (Å²) in [5.74, 6) is 1.14. The average molecular weight is 195 g/mol. The van der Waals surface area contributed by atoms with Gasteiger partial charge in [-0.15, -0.1) is 0 Å². The van der Waals surface area contributed by atoms with Crippen LogP contribution >= 0.6 is 0 Å². The van der Waals surface area contributed by atoms with E-state index in [4.69, 9.17) is 5.73 Å². The molecule has 2 rings (SSSR count). The topological polar surface area (TPSA) is 82.6 Å². The van der Waals surface area contributed by atoms with Crippen LogP contribution in [-0.4, -0.2) is 40.5 Å². The molecule has 1 fully saturated rings. The van der Waals surface area contributed by atoms with Gasteiger partial charge >= 0.3 is 0 Å². The summed E-state index contributed by atoms with van der Waals surface area (Å²) in [6.07, 6.45) is -1.39. The fourth-order valence-corrected chi connectivity index (χ4v) is 1.57. The lowest BCUT2D eigenvalue weighted by molar-refractivity contribution is 0.0572. The highest BCUT2D eigenvalue weighted by Crippen LogP contribution is 2.19. The van der Waals surface area contributed by atoms with Gasteiger partial charge in [0, 0.05) is 13.1 Å². The van der Waals surface area contributed by atoms with Crippen molar-refractivity contribution in [2.45, 2.75) is 12.2 Å². The van der Waals surface area contributed by atoms with E-state index < -0.39 is 12.2 Å². The third kappa shape index (κ3) is 1.64. The van der Waals surface area contributed by atoms with Crippen molar-refractivity contribution in [2.24, 2.45) is 0 Å². The van der Waals surface area contributed by atoms with Crippen LogP contribution in [0.25, 0.3) is 0 Å². The van der Waals surface area contributed by atoms with E-state index in [0.717, 1.165) is 0 Å². The first kappa shape index (κ1) is 9.23. The number of pyridine rings is 1. The maximum atomic E-state index is 9.35. The Kier molecular flexibility index (Phi) is 2.26. The zero-order chi connectivity index (χ0) is 10.1. The van der Waals surface area contributed by atoms with Gasteiger partial charge in [-0.25, -0.2) is 4.98 Å². The van der Waals surface area contributed by atoms with Gasteiger partial charge < -0.3 is 20.8 Å². The summed E-state index contributed by atoms with van der Waals surface area (Å²) < 4.78 is 0. The molecule has 5 nitrogen and oxygen atoms in total. The SMILES string of the molecule is Nc1cccc(N2CC(O)C(O)C2)n1. The van der Waals surface area contributed by atoms with E-state index in [1.165, 1.54) is 0 Å². The van der Waals surface area contributed by atoms with Crippen LogP contribution in [0.5, 0.6) is 0 Å². The second-order valence-corrected chi connectivity index (χ2v) is 3.46. The third-order valence-corrected chi connectivity index (χ3v) is 2.34. The highest BCUT2D eigenvalue weighted by atomic mass is 16.3. The predicted octanol–water partition coefficient (Wildman–Crippen LogP) is -0.794. The maximum Gasteiger partial charge on any atom is 0.131 e. The summed E-state index contributed by atoms with van der Waals surface area (Å²) >= 11 is 0. The molecule has 0 aromatic carbocycles. The predicted molar refractivity (Wildman–Crippen MR) is 52.9 cm³/mol. The lowest BCUT2D eigenvalue weighted by atomic mass is 10.3. The van der Waals surface area contributed by atoms with Crippen molar-refractivity contribution in [3.05, 3.63) is 18.2 Å². The quantitative estimate of drug-likeness (QED) is 0.547. The zero-order valence-electron chi connectivity index (χ0n) is 7.67. The van der Waals surface area contributed by atoms with Crippen LogP contribution in [0.15, 0.2) is 18.2 Å². The van der Waals surface area contributed by atoms with E-state index >= 15 is 0 Å². The van der Waals surface area contributed by atoms with Crippen molar-refractivity contribution < 1.29 is 10.2 Å². The Morgan fingerprint density at radius 1 is 1.29 bits per heavy atom. The Morgan fingerprint density at radius 2 is 1.93 bits per heavy atom. The smallest absolute Gasteiger partial charge is 0.131 e. The molecule has 0 bridgehead atoms. The molecule has 2 heterocycles. The first-order valence-electron chi connectivity index (χ1n) is 4.50. The number of nitrogens with zero attached hydrogens (tertiary/aromatic N) is 2. The number of β-amino-alcohol motifs (C(OH)–C–C–N with tert-alkyl or cyclic N) is 2. The molecule has 0 aliphatic carbocycles. The van der Waals surface area contributed by atoms with Crippen LogP contribution in [0, 0.1) is 0 Å². The van der Waals surface area contributed by atoms with E-state index in [9.17, 15) is 10.2 Å². The molecule has 0 radical (unpaired) electrons. The van der Waals surface area contributed by atoms with Crippen LogP contribution in [0.3, 0.4) is 0 Å². The van der Waals surface area contributed by atoms with Gasteiger partial charge in [-0.2, -0.15) is 0 Å². The second-order valence-electron chi connectivity index (χ2n) is 3.46. The summed E-state index contributed by atoms with van der Waals surface area (Å²) in [5, 5.41) is 18.7. The van der Waals surface area contributed by atoms with E-state index in [-0.39, 0.29) is 0 Å². The lowest BCUT2D eigenvalue weighted by Gasteiger charge is -2.16. The number of aromatic nitrogens is 1. The number of nitrogen functional groups attached to an aromatic ring is 1. The summed E-state index contributed by atoms with van der Waals surface area (Å²) in [7, 11) is 0. The normalized spacial score (nSPS) is 26.9. The van der Waals surface area contributed by atoms with E-state index in [1.807, 2.05) is 4.90 Å². The summed E-state index contributed by atoms with van der Waals surface area (Å²) in [5.41, 5.74) is 5.53. The van der Waals surface area contributed by atoms with E-state index in [2.05, 4.69) is 4.98 Å². The lowest BCUT2D eigenvalue weighted by Crippen LogP contribution is -2.22. The van der Waals surface area contributed by atoms with Crippen molar-refractivity contribution in [2.75, 3.05) is 23.7 Å². The summed E-state index contributed by atoms with van der Waals surface area (Å²) in [6.45, 7) is 0.801. The van der Waals surface area contributed by atoms with Crippen LogP contribution < -0.4 is 10.6 Å². The number of hydrogen-bond acceptors (Lipinski definition) is 5. The molecular weight excluding hydrogens is 182 g/mol. The van der Waals surface area contributed by atoms with Crippen molar-refractivity contribution in [3.63, 3.8) is 0 Å². The van der Waals surface area contributed by atoms with Crippen molar-refractivity contribution in [1.29, 1.82) is 0 Å². The Morgan fingerprint density at radius 3 is 2.50 bits per heavy atom. The van der Waals surface area contributed by atoms with E-state index in [0.29, 0.717) is 24.7 Å².